The molecule has 1 amide bonds. The Labute approximate surface area is 170 Å². The van der Waals surface area contributed by atoms with Crippen molar-refractivity contribution in [2.24, 2.45) is 16.5 Å². The van der Waals surface area contributed by atoms with Crippen molar-refractivity contribution >= 4 is 28.9 Å². The monoisotopic (exact) mass is 400 g/mol. The number of benzene rings is 1. The summed E-state index contributed by atoms with van der Waals surface area (Å²) in [5.41, 5.74) is 15.0. The number of amides is 1. The molecule has 1 unspecified atom stereocenters. The van der Waals surface area contributed by atoms with Crippen molar-refractivity contribution in [1.82, 2.24) is 14.8 Å². The number of nitrogens with zero attached hydrogens (tertiary/aromatic N) is 4. The summed E-state index contributed by atoms with van der Waals surface area (Å²) >= 11 is 1.59. The number of likely N-dealkylation sites (N-methyl/N-ethyl adjacent to an activating group) is 2. The molecule has 28 heavy (non-hydrogen) atoms. The molecule has 0 radical (unpaired) electrons. The number of hydrogen-bond donors (Lipinski definition) is 2. The molecular weight excluding hydrogens is 372 g/mol. The lowest BCUT2D eigenvalue weighted by Gasteiger charge is -2.36. The van der Waals surface area contributed by atoms with Crippen LogP contribution in [0.4, 0.5) is 5.69 Å². The SMILES string of the molecule is CN(C)C(=O)C1(c2scnc2CCc2ccc(N=C(N)N)cc2)CCCN1C. The number of hydrogen-bond acceptors (Lipinski definition) is 5. The summed E-state index contributed by atoms with van der Waals surface area (Å²) in [4.78, 5) is 26.8. The molecule has 0 bridgehead atoms. The zero-order valence-corrected chi connectivity index (χ0v) is 17.5. The molecule has 1 aromatic heterocycles. The number of likely N-dealkylation sites (tertiary alicyclic amines) is 1. The first-order valence-electron chi connectivity index (χ1n) is 9.39. The van der Waals surface area contributed by atoms with Gasteiger partial charge < -0.3 is 16.4 Å². The van der Waals surface area contributed by atoms with Gasteiger partial charge in [0.1, 0.15) is 5.54 Å². The minimum Gasteiger partial charge on any atom is -0.370 e. The first-order valence-corrected chi connectivity index (χ1v) is 10.3. The Morgan fingerprint density at radius 3 is 2.57 bits per heavy atom. The van der Waals surface area contributed by atoms with E-state index in [-0.39, 0.29) is 11.9 Å². The summed E-state index contributed by atoms with van der Waals surface area (Å²) in [6, 6.07) is 7.85. The van der Waals surface area contributed by atoms with Crippen molar-refractivity contribution in [3.63, 3.8) is 0 Å². The lowest BCUT2D eigenvalue weighted by Crippen LogP contribution is -2.51. The molecule has 1 atom stereocenters. The standard InChI is InChI=1S/C20H28N6OS/c1-25(2)18(27)20(11-4-12-26(20)3)17-16(23-13-28-17)10-7-14-5-8-15(9-6-14)24-19(21)22/h5-6,8-9,13H,4,7,10-12H2,1-3H3,(H4,21,22,24). The smallest absolute Gasteiger partial charge is 0.248 e. The van der Waals surface area contributed by atoms with Crippen LogP contribution >= 0.6 is 11.3 Å². The zero-order valence-electron chi connectivity index (χ0n) is 16.7. The van der Waals surface area contributed by atoms with E-state index in [1.165, 1.54) is 5.56 Å². The molecule has 3 rings (SSSR count). The largest absolute Gasteiger partial charge is 0.370 e. The van der Waals surface area contributed by atoms with Gasteiger partial charge in [-0.1, -0.05) is 12.1 Å². The predicted molar refractivity (Wildman–Crippen MR) is 114 cm³/mol. The fourth-order valence-corrected chi connectivity index (χ4v) is 5.03. The normalized spacial score (nSPS) is 19.5. The van der Waals surface area contributed by atoms with Crippen molar-refractivity contribution in [1.29, 1.82) is 0 Å². The lowest BCUT2D eigenvalue weighted by molar-refractivity contribution is -0.140. The van der Waals surface area contributed by atoms with Gasteiger partial charge in [-0.25, -0.2) is 9.98 Å². The molecule has 4 N–H and O–H groups in total. The second kappa shape index (κ2) is 8.28. The molecule has 1 aromatic carbocycles. The van der Waals surface area contributed by atoms with Crippen LogP contribution in [-0.2, 0) is 23.2 Å². The molecule has 1 aliphatic rings. The molecule has 2 heterocycles. The first kappa shape index (κ1) is 20.3. The van der Waals surface area contributed by atoms with Gasteiger partial charge in [0.15, 0.2) is 5.96 Å². The van der Waals surface area contributed by atoms with Crippen LogP contribution in [0.1, 0.15) is 29.0 Å². The molecule has 0 aliphatic carbocycles. The van der Waals surface area contributed by atoms with Crippen LogP contribution in [0.15, 0.2) is 34.8 Å². The zero-order chi connectivity index (χ0) is 20.3. The van der Waals surface area contributed by atoms with Gasteiger partial charge in [0.05, 0.1) is 21.8 Å². The summed E-state index contributed by atoms with van der Waals surface area (Å²) in [5.74, 6) is 0.191. The van der Waals surface area contributed by atoms with Crippen LogP contribution in [0, 0.1) is 0 Å². The minimum absolute atomic E-state index is 0.0522. The lowest BCUT2D eigenvalue weighted by atomic mass is 9.90. The average Bonchev–Trinajstić information content (AvgIpc) is 3.27. The van der Waals surface area contributed by atoms with E-state index in [4.69, 9.17) is 11.5 Å². The van der Waals surface area contributed by atoms with Crippen LogP contribution in [-0.4, -0.2) is 54.3 Å². The maximum atomic E-state index is 13.2. The second-order valence-corrected chi connectivity index (χ2v) is 8.27. The number of aryl methyl sites for hydroxylation is 2. The van der Waals surface area contributed by atoms with E-state index in [2.05, 4.69) is 14.9 Å². The number of carbonyl (C=O) groups is 1. The number of guanidine groups is 1. The van der Waals surface area contributed by atoms with Crippen molar-refractivity contribution in [2.75, 3.05) is 27.7 Å². The van der Waals surface area contributed by atoms with Crippen LogP contribution < -0.4 is 11.5 Å². The third kappa shape index (κ3) is 3.88. The van der Waals surface area contributed by atoms with Crippen LogP contribution in [0.2, 0.25) is 0 Å². The number of aromatic nitrogens is 1. The highest BCUT2D eigenvalue weighted by molar-refractivity contribution is 7.10. The van der Waals surface area contributed by atoms with Crippen molar-refractivity contribution in [3.8, 4) is 0 Å². The van der Waals surface area contributed by atoms with Gasteiger partial charge >= 0.3 is 0 Å². The van der Waals surface area contributed by atoms with Gasteiger partial charge in [-0.2, -0.15) is 0 Å². The van der Waals surface area contributed by atoms with E-state index in [0.717, 1.165) is 48.5 Å². The quantitative estimate of drug-likeness (QED) is 0.569. The molecule has 1 saturated heterocycles. The number of rotatable bonds is 6. The third-order valence-electron chi connectivity index (χ3n) is 5.31. The van der Waals surface area contributed by atoms with E-state index in [0.29, 0.717) is 0 Å². The highest BCUT2D eigenvalue weighted by Gasteiger charge is 2.50. The highest BCUT2D eigenvalue weighted by atomic mass is 32.1. The van der Waals surface area contributed by atoms with E-state index in [1.807, 2.05) is 50.9 Å². The molecule has 0 spiro atoms. The van der Waals surface area contributed by atoms with Crippen LogP contribution in [0.25, 0.3) is 0 Å². The van der Waals surface area contributed by atoms with Crippen molar-refractivity contribution in [2.45, 2.75) is 31.2 Å². The molecule has 7 nitrogen and oxygen atoms in total. The molecular formula is C20H28N6OS. The van der Waals surface area contributed by atoms with Crippen LogP contribution in [0.3, 0.4) is 0 Å². The summed E-state index contributed by atoms with van der Waals surface area (Å²) in [6.07, 6.45) is 3.48. The molecule has 2 aromatic rings. The first-order chi connectivity index (χ1) is 13.3. The molecule has 8 heteroatoms. The van der Waals surface area contributed by atoms with Gasteiger partial charge in [-0.3, -0.25) is 9.69 Å². The summed E-state index contributed by atoms with van der Waals surface area (Å²) in [7, 11) is 5.70. The fourth-order valence-electron chi connectivity index (χ4n) is 3.91. The van der Waals surface area contributed by atoms with Crippen molar-refractivity contribution < 1.29 is 4.79 Å². The third-order valence-corrected chi connectivity index (χ3v) is 6.33. The highest BCUT2D eigenvalue weighted by Crippen LogP contribution is 2.42. The molecule has 0 saturated carbocycles. The van der Waals surface area contributed by atoms with E-state index >= 15 is 0 Å². The number of thiazole rings is 1. The number of nitrogens with two attached hydrogens (primary N) is 2. The summed E-state index contributed by atoms with van der Waals surface area (Å²) < 4.78 is 0. The Bertz CT molecular complexity index is 856. The predicted octanol–water partition coefficient (Wildman–Crippen LogP) is 1.84. The average molecular weight is 401 g/mol. The molecule has 1 fully saturated rings. The Hall–Kier alpha value is -2.45. The Balaban J connectivity index is 1.81. The Morgan fingerprint density at radius 2 is 2.00 bits per heavy atom. The molecule has 1 aliphatic heterocycles. The maximum absolute atomic E-state index is 13.2. The Morgan fingerprint density at radius 1 is 1.29 bits per heavy atom. The van der Waals surface area contributed by atoms with Gasteiger partial charge in [0, 0.05) is 14.1 Å². The minimum atomic E-state index is -0.586. The van der Waals surface area contributed by atoms with E-state index in [1.54, 1.807) is 16.2 Å². The van der Waals surface area contributed by atoms with Gasteiger partial charge in [-0.05, 0) is 57.0 Å². The summed E-state index contributed by atoms with van der Waals surface area (Å²) in [5, 5.41) is 0. The van der Waals surface area contributed by atoms with Gasteiger partial charge in [0.2, 0.25) is 5.91 Å². The van der Waals surface area contributed by atoms with E-state index < -0.39 is 5.54 Å². The van der Waals surface area contributed by atoms with Crippen LogP contribution in [0.5, 0.6) is 0 Å². The second-order valence-electron chi connectivity index (χ2n) is 7.42. The van der Waals surface area contributed by atoms with Gasteiger partial charge in [-0.15, -0.1) is 11.3 Å². The summed E-state index contributed by atoms with van der Waals surface area (Å²) in [6.45, 7) is 0.920. The number of aliphatic imine (C=N–C) groups is 1. The Kier molecular flexibility index (Phi) is 6.00. The number of carbonyl (C=O) groups excluding carboxylic acids is 1. The maximum Gasteiger partial charge on any atom is 0.248 e. The van der Waals surface area contributed by atoms with Crippen molar-refractivity contribution in [3.05, 3.63) is 45.9 Å². The topological polar surface area (TPSA) is 101 Å². The van der Waals surface area contributed by atoms with E-state index in [9.17, 15) is 4.79 Å². The fraction of sp³-hybridized carbons (Fsp3) is 0.450. The molecule has 150 valence electrons. The van der Waals surface area contributed by atoms with Gasteiger partial charge in [0.25, 0.3) is 0 Å².